The maximum Gasteiger partial charge on any atom is 0.193 e. The Morgan fingerprint density at radius 2 is 0.478 bits per heavy atom. The SMILES string of the molecule is Cc1ccc(C(=O)c2ccc(Oc3ccc(C(=O)c4ccc(Oc5ccc(C(=O)c6ccc(C)cc6)cc5)cc4)cc3)cc2)cc1. The molecule has 0 aliphatic heterocycles. The molecule has 0 atom stereocenters. The van der Waals surface area contributed by atoms with Gasteiger partial charge in [0.1, 0.15) is 23.0 Å². The molecule has 6 rings (SSSR count). The largest absolute Gasteiger partial charge is 0.457 e. The van der Waals surface area contributed by atoms with E-state index in [9.17, 15) is 14.4 Å². The lowest BCUT2D eigenvalue weighted by molar-refractivity contribution is 0.103. The van der Waals surface area contributed by atoms with Crippen LogP contribution < -0.4 is 9.47 Å². The van der Waals surface area contributed by atoms with E-state index < -0.39 is 0 Å². The molecule has 5 heteroatoms. The number of carbonyl (C=O) groups excluding carboxylic acids is 3. The van der Waals surface area contributed by atoms with E-state index in [4.69, 9.17) is 9.47 Å². The fourth-order valence-corrected chi connectivity index (χ4v) is 4.88. The Hall–Kier alpha value is -6.07. The van der Waals surface area contributed by atoms with Crippen LogP contribution in [0.2, 0.25) is 0 Å². The second-order valence-corrected chi connectivity index (χ2v) is 11.0. The van der Waals surface area contributed by atoms with Crippen molar-refractivity contribution in [3.05, 3.63) is 190 Å². The standard InChI is InChI=1S/C41H30O5/c1-27-3-7-29(8-4-27)39(42)31-11-19-35(20-12-31)45-37-23-15-33(16-24-37)41(44)34-17-25-38(26-18-34)46-36-21-13-32(14-22-36)40(43)30-9-5-28(2)6-10-30/h3-26H,1-2H3. The molecule has 6 aromatic rings. The predicted molar refractivity (Wildman–Crippen MR) is 179 cm³/mol. The van der Waals surface area contributed by atoms with Crippen molar-refractivity contribution in [2.45, 2.75) is 13.8 Å². The number of hydrogen-bond acceptors (Lipinski definition) is 5. The van der Waals surface area contributed by atoms with Gasteiger partial charge < -0.3 is 9.47 Å². The first-order valence-corrected chi connectivity index (χ1v) is 14.9. The summed E-state index contributed by atoms with van der Waals surface area (Å²) in [6.07, 6.45) is 0. The van der Waals surface area contributed by atoms with Gasteiger partial charge in [-0.3, -0.25) is 14.4 Å². The van der Waals surface area contributed by atoms with Gasteiger partial charge in [0, 0.05) is 33.4 Å². The van der Waals surface area contributed by atoms with Gasteiger partial charge in [0.25, 0.3) is 0 Å². The van der Waals surface area contributed by atoms with Gasteiger partial charge in [-0.1, -0.05) is 59.7 Å². The molecule has 0 aromatic heterocycles. The third kappa shape index (κ3) is 7.01. The molecule has 0 aliphatic carbocycles. The minimum Gasteiger partial charge on any atom is -0.457 e. The molecule has 0 radical (unpaired) electrons. The van der Waals surface area contributed by atoms with Crippen molar-refractivity contribution in [1.82, 2.24) is 0 Å². The second kappa shape index (κ2) is 13.3. The molecule has 0 aliphatic rings. The summed E-state index contributed by atoms with van der Waals surface area (Å²) in [6.45, 7) is 3.97. The Kier molecular flexibility index (Phi) is 8.66. The molecule has 0 N–H and O–H groups in total. The lowest BCUT2D eigenvalue weighted by Gasteiger charge is -2.09. The maximum atomic E-state index is 13.1. The molecular weight excluding hydrogens is 572 g/mol. The van der Waals surface area contributed by atoms with Crippen LogP contribution in [0.15, 0.2) is 146 Å². The quantitative estimate of drug-likeness (QED) is 0.146. The molecule has 0 spiro atoms. The van der Waals surface area contributed by atoms with Gasteiger partial charge >= 0.3 is 0 Å². The molecule has 46 heavy (non-hydrogen) atoms. The summed E-state index contributed by atoms with van der Waals surface area (Å²) in [5.74, 6) is 2.10. The van der Waals surface area contributed by atoms with E-state index >= 15 is 0 Å². The third-order valence-corrected chi connectivity index (χ3v) is 7.56. The number of hydrogen-bond donors (Lipinski definition) is 0. The van der Waals surface area contributed by atoms with Crippen molar-refractivity contribution >= 4 is 17.3 Å². The van der Waals surface area contributed by atoms with Gasteiger partial charge in [-0.2, -0.15) is 0 Å². The normalized spacial score (nSPS) is 10.7. The van der Waals surface area contributed by atoms with Crippen molar-refractivity contribution < 1.29 is 23.9 Å². The Balaban J connectivity index is 1.04. The highest BCUT2D eigenvalue weighted by molar-refractivity contribution is 6.10. The van der Waals surface area contributed by atoms with Crippen LogP contribution in [0.5, 0.6) is 23.0 Å². The molecule has 0 unspecified atom stereocenters. The van der Waals surface area contributed by atoms with Crippen molar-refractivity contribution in [3.8, 4) is 23.0 Å². The lowest BCUT2D eigenvalue weighted by atomic mass is 10.0. The first-order valence-electron chi connectivity index (χ1n) is 14.9. The number of aryl methyl sites for hydroxylation is 2. The average Bonchev–Trinajstić information content (AvgIpc) is 3.09. The Morgan fingerprint density at radius 1 is 0.304 bits per heavy atom. The molecule has 224 valence electrons. The summed E-state index contributed by atoms with van der Waals surface area (Å²) in [5.41, 5.74) is 5.68. The molecule has 0 bridgehead atoms. The van der Waals surface area contributed by atoms with E-state index in [1.165, 1.54) is 0 Å². The van der Waals surface area contributed by atoms with Crippen LogP contribution in [0.1, 0.15) is 58.9 Å². The molecule has 6 aromatic carbocycles. The molecule has 0 heterocycles. The number of benzene rings is 6. The van der Waals surface area contributed by atoms with Crippen LogP contribution in [0, 0.1) is 13.8 Å². The summed E-state index contributed by atoms with van der Waals surface area (Å²) in [5, 5.41) is 0. The van der Waals surface area contributed by atoms with Crippen LogP contribution in [-0.4, -0.2) is 17.3 Å². The molecule has 5 nitrogen and oxygen atoms in total. The van der Waals surface area contributed by atoms with Crippen molar-refractivity contribution in [2.75, 3.05) is 0 Å². The third-order valence-electron chi connectivity index (χ3n) is 7.56. The Bertz CT molecular complexity index is 1840. The van der Waals surface area contributed by atoms with Gasteiger partial charge in [-0.05, 0) is 111 Å². The number of rotatable bonds is 10. The van der Waals surface area contributed by atoms with E-state index in [1.54, 1.807) is 97.1 Å². The van der Waals surface area contributed by atoms with Crippen LogP contribution >= 0.6 is 0 Å². The van der Waals surface area contributed by atoms with Gasteiger partial charge in [-0.25, -0.2) is 0 Å². The summed E-state index contributed by atoms with van der Waals surface area (Å²) in [7, 11) is 0. The Morgan fingerprint density at radius 3 is 0.674 bits per heavy atom. The highest BCUT2D eigenvalue weighted by atomic mass is 16.5. The number of ether oxygens (including phenoxy) is 2. The zero-order valence-corrected chi connectivity index (χ0v) is 25.4. The van der Waals surface area contributed by atoms with E-state index in [-0.39, 0.29) is 17.3 Å². The smallest absolute Gasteiger partial charge is 0.193 e. The highest BCUT2D eigenvalue weighted by Gasteiger charge is 2.13. The van der Waals surface area contributed by atoms with Crippen LogP contribution in [0.4, 0.5) is 0 Å². The minimum absolute atomic E-state index is 0.0464. The van der Waals surface area contributed by atoms with E-state index in [0.29, 0.717) is 56.4 Å². The summed E-state index contributed by atoms with van der Waals surface area (Å²) in [4.78, 5) is 38.6. The zero-order chi connectivity index (χ0) is 32.0. The lowest BCUT2D eigenvalue weighted by Crippen LogP contribution is -2.02. The predicted octanol–water partition coefficient (Wildman–Crippen LogP) is 9.58. The fraction of sp³-hybridized carbons (Fsp3) is 0.0488. The molecular formula is C41H30O5. The molecule has 0 amide bonds. The van der Waals surface area contributed by atoms with Crippen molar-refractivity contribution in [3.63, 3.8) is 0 Å². The molecule has 0 fully saturated rings. The van der Waals surface area contributed by atoms with Crippen LogP contribution in [-0.2, 0) is 0 Å². The van der Waals surface area contributed by atoms with Crippen molar-refractivity contribution in [1.29, 1.82) is 0 Å². The van der Waals surface area contributed by atoms with Gasteiger partial charge in [0.2, 0.25) is 0 Å². The maximum absolute atomic E-state index is 13.1. The van der Waals surface area contributed by atoms with Crippen LogP contribution in [0.25, 0.3) is 0 Å². The summed E-state index contributed by atoms with van der Waals surface area (Å²) in [6, 6.07) is 42.8. The zero-order valence-electron chi connectivity index (χ0n) is 25.4. The average molecular weight is 603 g/mol. The van der Waals surface area contributed by atoms with E-state index in [1.807, 2.05) is 62.4 Å². The summed E-state index contributed by atoms with van der Waals surface area (Å²) < 4.78 is 11.9. The topological polar surface area (TPSA) is 69.7 Å². The van der Waals surface area contributed by atoms with Gasteiger partial charge in [0.15, 0.2) is 17.3 Å². The first-order chi connectivity index (χ1) is 22.3. The first kappa shape index (κ1) is 30.0. The highest BCUT2D eigenvalue weighted by Crippen LogP contribution is 2.26. The van der Waals surface area contributed by atoms with E-state index in [0.717, 1.165) is 11.1 Å². The minimum atomic E-state index is -0.129. The van der Waals surface area contributed by atoms with Crippen LogP contribution in [0.3, 0.4) is 0 Å². The molecule has 0 saturated heterocycles. The van der Waals surface area contributed by atoms with Crippen molar-refractivity contribution in [2.24, 2.45) is 0 Å². The van der Waals surface area contributed by atoms with E-state index in [2.05, 4.69) is 0 Å². The number of carbonyl (C=O) groups is 3. The fourth-order valence-electron chi connectivity index (χ4n) is 4.88. The second-order valence-electron chi connectivity index (χ2n) is 11.0. The monoisotopic (exact) mass is 602 g/mol. The summed E-state index contributed by atoms with van der Waals surface area (Å²) >= 11 is 0. The number of ketones is 3. The van der Waals surface area contributed by atoms with Gasteiger partial charge in [0.05, 0.1) is 0 Å². The molecule has 0 saturated carbocycles. The van der Waals surface area contributed by atoms with Gasteiger partial charge in [-0.15, -0.1) is 0 Å². The Labute approximate surface area is 267 Å².